The van der Waals surface area contributed by atoms with Crippen molar-refractivity contribution in [3.63, 3.8) is 0 Å². The zero-order valence-electron chi connectivity index (χ0n) is 13.9. The van der Waals surface area contributed by atoms with E-state index >= 15 is 0 Å². The minimum atomic E-state index is -0.0127. The van der Waals surface area contributed by atoms with Crippen molar-refractivity contribution in [2.45, 2.75) is 13.3 Å². The van der Waals surface area contributed by atoms with Gasteiger partial charge in [0.1, 0.15) is 6.54 Å². The lowest BCUT2D eigenvalue weighted by molar-refractivity contribution is -0.127. The highest BCUT2D eigenvalue weighted by atomic mass is 32.1. The van der Waals surface area contributed by atoms with Gasteiger partial charge in [-0.1, -0.05) is 18.2 Å². The van der Waals surface area contributed by atoms with Crippen LogP contribution in [0.1, 0.15) is 11.8 Å². The van der Waals surface area contributed by atoms with E-state index in [0.29, 0.717) is 6.54 Å². The minimum absolute atomic E-state index is 0.0127. The topological polar surface area (TPSA) is 47.9 Å². The van der Waals surface area contributed by atoms with Gasteiger partial charge in [-0.05, 0) is 24.8 Å². The Kier molecular flexibility index (Phi) is 7.66. The Morgan fingerprint density at radius 1 is 1.41 bits per heavy atom. The Hall–Kier alpha value is -1.82. The second kappa shape index (κ2) is 9.25. The van der Waals surface area contributed by atoms with E-state index in [-0.39, 0.29) is 12.5 Å². The smallest absolute Gasteiger partial charge is 0.243 e. The van der Waals surface area contributed by atoms with Crippen LogP contribution in [-0.2, 0) is 11.2 Å². The Balaban J connectivity index is 2.63. The quantitative estimate of drug-likeness (QED) is 0.473. The maximum absolute atomic E-state index is 11.7. The Morgan fingerprint density at radius 3 is 2.68 bits per heavy atom. The largest absolute Gasteiger partial charge is 0.353 e. The molecule has 0 saturated carbocycles. The average molecular weight is 322 g/mol. The Labute approximate surface area is 137 Å². The third-order valence-electron chi connectivity index (χ3n) is 3.05. The summed E-state index contributed by atoms with van der Waals surface area (Å²) in [5, 5.41) is 5.34. The van der Waals surface area contributed by atoms with Gasteiger partial charge in [0.25, 0.3) is 0 Å². The second-order valence-electron chi connectivity index (χ2n) is 5.49. The summed E-state index contributed by atoms with van der Waals surface area (Å²) >= 11 is 1.76. The lowest BCUT2D eigenvalue weighted by atomic mass is 10.3. The van der Waals surface area contributed by atoms with E-state index in [1.54, 1.807) is 30.3 Å². The van der Waals surface area contributed by atoms with Gasteiger partial charge in [-0.15, -0.1) is 11.3 Å². The molecule has 0 radical (unpaired) electrons. The highest BCUT2D eigenvalue weighted by Crippen LogP contribution is 2.09. The summed E-state index contributed by atoms with van der Waals surface area (Å²) in [4.78, 5) is 21.1. The number of amides is 1. The molecule has 0 aliphatic carbocycles. The Bertz CT molecular complexity index is 508. The van der Waals surface area contributed by atoms with Crippen LogP contribution in [0.5, 0.6) is 0 Å². The van der Waals surface area contributed by atoms with E-state index in [9.17, 15) is 4.79 Å². The van der Waals surface area contributed by atoms with E-state index < -0.39 is 0 Å². The molecule has 1 rings (SSSR count). The fraction of sp³-hybridized carbons (Fsp3) is 0.500. The average Bonchev–Trinajstić information content (AvgIpc) is 2.97. The van der Waals surface area contributed by atoms with Gasteiger partial charge in [0.05, 0.1) is 0 Å². The molecule has 1 aromatic heterocycles. The Morgan fingerprint density at radius 2 is 2.14 bits per heavy atom. The van der Waals surface area contributed by atoms with Gasteiger partial charge in [0.15, 0.2) is 5.96 Å². The third kappa shape index (κ3) is 6.76. The van der Waals surface area contributed by atoms with Crippen molar-refractivity contribution in [1.29, 1.82) is 0 Å². The van der Waals surface area contributed by atoms with E-state index in [2.05, 4.69) is 34.4 Å². The number of carbonyl (C=O) groups excluding carboxylic acids is 1. The summed E-state index contributed by atoms with van der Waals surface area (Å²) in [6, 6.07) is 4.19. The molecular formula is C16H26N4OS. The monoisotopic (exact) mass is 322 g/mol. The van der Waals surface area contributed by atoms with Crippen molar-refractivity contribution < 1.29 is 4.79 Å². The first-order valence-corrected chi connectivity index (χ1v) is 8.14. The number of carbonyl (C=O) groups is 1. The van der Waals surface area contributed by atoms with Gasteiger partial charge in [0.2, 0.25) is 5.91 Å². The van der Waals surface area contributed by atoms with Crippen LogP contribution in [0.2, 0.25) is 0 Å². The molecule has 22 heavy (non-hydrogen) atoms. The fourth-order valence-corrected chi connectivity index (χ4v) is 2.36. The normalized spacial score (nSPS) is 11.2. The molecule has 0 bridgehead atoms. The van der Waals surface area contributed by atoms with Crippen LogP contribution >= 0.6 is 11.3 Å². The number of guanidine groups is 1. The number of hydrogen-bond donors (Lipinski definition) is 1. The van der Waals surface area contributed by atoms with Crippen molar-refractivity contribution in [3.8, 4) is 0 Å². The summed E-state index contributed by atoms with van der Waals surface area (Å²) in [7, 11) is 5.46. The zero-order chi connectivity index (χ0) is 16.5. The zero-order valence-corrected chi connectivity index (χ0v) is 14.7. The highest BCUT2D eigenvalue weighted by Gasteiger charge is 2.09. The lowest BCUT2D eigenvalue weighted by Gasteiger charge is -2.22. The standard InChI is InChI=1S/C16H26N4OS/c1-13(2)11-17-16(18-12-15(21)19(3)4)20(5)9-8-14-7-6-10-22-14/h6-7,10H,1,8-9,11-12H2,2-5H3,(H,17,18). The lowest BCUT2D eigenvalue weighted by Crippen LogP contribution is -2.41. The van der Waals surface area contributed by atoms with E-state index in [1.165, 1.54) is 4.88 Å². The molecule has 1 amide bonds. The molecule has 0 aromatic carbocycles. The van der Waals surface area contributed by atoms with Gasteiger partial charge in [-0.3, -0.25) is 4.79 Å². The molecule has 0 fully saturated rings. The summed E-state index contributed by atoms with van der Waals surface area (Å²) < 4.78 is 0. The molecule has 5 nitrogen and oxygen atoms in total. The van der Waals surface area contributed by atoms with Crippen LogP contribution in [0.3, 0.4) is 0 Å². The summed E-state index contributed by atoms with van der Waals surface area (Å²) in [5.41, 5.74) is 1.03. The van der Waals surface area contributed by atoms with E-state index in [1.807, 2.05) is 18.9 Å². The van der Waals surface area contributed by atoms with Gasteiger partial charge >= 0.3 is 0 Å². The van der Waals surface area contributed by atoms with Crippen LogP contribution in [0, 0.1) is 0 Å². The molecule has 1 aromatic rings. The van der Waals surface area contributed by atoms with Crippen LogP contribution < -0.4 is 5.32 Å². The molecular weight excluding hydrogens is 296 g/mol. The van der Waals surface area contributed by atoms with Gasteiger partial charge in [-0.2, -0.15) is 0 Å². The van der Waals surface area contributed by atoms with Gasteiger partial charge in [-0.25, -0.2) is 4.99 Å². The van der Waals surface area contributed by atoms with Gasteiger partial charge < -0.3 is 15.1 Å². The maximum atomic E-state index is 11.7. The second-order valence-corrected chi connectivity index (χ2v) is 6.52. The minimum Gasteiger partial charge on any atom is -0.353 e. The molecule has 0 spiro atoms. The SMILES string of the molecule is C=C(C)CNC(=NCC(=O)N(C)C)N(C)CCc1cccs1. The first-order valence-electron chi connectivity index (χ1n) is 7.26. The van der Waals surface area contributed by atoms with Crippen molar-refractivity contribution in [1.82, 2.24) is 15.1 Å². The highest BCUT2D eigenvalue weighted by molar-refractivity contribution is 7.09. The number of aliphatic imine (C=N–C) groups is 1. The molecule has 0 saturated heterocycles. The summed E-state index contributed by atoms with van der Waals surface area (Å²) in [6.07, 6.45) is 0.962. The first kappa shape index (κ1) is 18.2. The van der Waals surface area contributed by atoms with Crippen molar-refractivity contribution >= 4 is 23.2 Å². The summed E-state index contributed by atoms with van der Waals surface area (Å²) in [5.74, 6) is 0.719. The molecule has 0 unspecified atom stereocenters. The van der Waals surface area contributed by atoms with Crippen LogP contribution in [-0.4, -0.2) is 62.4 Å². The predicted molar refractivity (Wildman–Crippen MR) is 94.5 cm³/mol. The molecule has 0 aliphatic heterocycles. The third-order valence-corrected chi connectivity index (χ3v) is 3.98. The van der Waals surface area contributed by atoms with Crippen molar-refractivity contribution in [2.24, 2.45) is 4.99 Å². The van der Waals surface area contributed by atoms with E-state index in [4.69, 9.17) is 0 Å². The molecule has 122 valence electrons. The number of hydrogen-bond acceptors (Lipinski definition) is 3. The number of likely N-dealkylation sites (N-methyl/N-ethyl adjacent to an activating group) is 2. The number of nitrogens with zero attached hydrogens (tertiary/aromatic N) is 3. The van der Waals surface area contributed by atoms with E-state index in [0.717, 1.165) is 24.5 Å². The predicted octanol–water partition coefficient (Wildman–Crippen LogP) is 1.83. The molecule has 6 heteroatoms. The van der Waals surface area contributed by atoms with Crippen LogP contribution in [0.15, 0.2) is 34.7 Å². The van der Waals surface area contributed by atoms with Crippen molar-refractivity contribution in [2.75, 3.05) is 40.8 Å². The number of nitrogens with one attached hydrogen (secondary N) is 1. The first-order chi connectivity index (χ1) is 10.4. The van der Waals surface area contributed by atoms with Crippen molar-refractivity contribution in [3.05, 3.63) is 34.5 Å². The van der Waals surface area contributed by atoms with Crippen LogP contribution in [0.25, 0.3) is 0 Å². The maximum Gasteiger partial charge on any atom is 0.243 e. The molecule has 1 heterocycles. The molecule has 0 atom stereocenters. The van der Waals surface area contributed by atoms with Crippen LogP contribution in [0.4, 0.5) is 0 Å². The number of thiophene rings is 1. The molecule has 0 aliphatic rings. The van der Waals surface area contributed by atoms with Gasteiger partial charge in [0, 0.05) is 39.1 Å². The summed E-state index contributed by atoms with van der Waals surface area (Å²) in [6.45, 7) is 7.49. The molecule has 1 N–H and O–H groups in total. The fourth-order valence-electron chi connectivity index (χ4n) is 1.66. The number of rotatable bonds is 7.